The minimum Gasteiger partial charge on any atom is -0.394 e. The molecule has 0 aliphatic carbocycles. The number of carbonyl (C=O) groups excluding carboxylic acids is 2. The molecule has 7 heteroatoms. The van der Waals surface area contributed by atoms with Gasteiger partial charge in [-0.3, -0.25) is 15.0 Å². The predicted molar refractivity (Wildman–Crippen MR) is 120 cm³/mol. The maximum absolute atomic E-state index is 12.1. The van der Waals surface area contributed by atoms with Gasteiger partial charge in [0.1, 0.15) is 5.92 Å². The Hall–Kier alpha value is -1.96. The van der Waals surface area contributed by atoms with Crippen molar-refractivity contribution in [2.24, 2.45) is 5.92 Å². The highest BCUT2D eigenvalue weighted by Gasteiger charge is 2.39. The van der Waals surface area contributed by atoms with E-state index in [2.05, 4.69) is 19.3 Å². The molecular weight excluding hydrogens is 384 g/mol. The van der Waals surface area contributed by atoms with Gasteiger partial charge in [-0.05, 0) is 31.4 Å². The van der Waals surface area contributed by atoms with Crippen molar-refractivity contribution in [2.45, 2.75) is 65.7 Å². The molecule has 1 fully saturated rings. The smallest absolute Gasteiger partial charge is 0.258 e. The second-order valence-corrected chi connectivity index (χ2v) is 6.95. The van der Waals surface area contributed by atoms with Crippen LogP contribution >= 0.6 is 0 Å². The van der Waals surface area contributed by atoms with E-state index in [1.54, 1.807) is 12.1 Å². The van der Waals surface area contributed by atoms with Crippen LogP contribution in [0.25, 0.3) is 0 Å². The molecule has 1 aliphatic heterocycles. The Balaban J connectivity index is 0.000000545. The molecule has 2 amide bonds. The zero-order valence-electron chi connectivity index (χ0n) is 18.8. The Morgan fingerprint density at radius 3 is 1.90 bits per heavy atom. The van der Waals surface area contributed by atoms with E-state index in [0.29, 0.717) is 12.1 Å². The van der Waals surface area contributed by atoms with Crippen LogP contribution < -0.4 is 10.4 Å². The molecule has 1 heterocycles. The number of benzene rings is 1. The molecule has 0 radical (unpaired) electrons. The van der Waals surface area contributed by atoms with Gasteiger partial charge in [-0.15, -0.1) is 0 Å². The number of anilines is 1. The number of ether oxygens (including phenoxy) is 1. The monoisotopic (exact) mass is 424 g/mol. The summed E-state index contributed by atoms with van der Waals surface area (Å²) >= 11 is 0. The summed E-state index contributed by atoms with van der Waals surface area (Å²) in [7, 11) is 0. The van der Waals surface area contributed by atoms with Gasteiger partial charge in [0.15, 0.2) is 0 Å². The SMILES string of the molecule is CCCCC1C(=O)NN(c2ccccc2)C1=O.CCCCOCCCC.OCCO. The highest BCUT2D eigenvalue weighted by Crippen LogP contribution is 2.22. The van der Waals surface area contributed by atoms with Crippen molar-refractivity contribution in [2.75, 3.05) is 31.4 Å². The number of carbonyl (C=O) groups is 2. The maximum atomic E-state index is 12.1. The van der Waals surface area contributed by atoms with Crippen LogP contribution in [0, 0.1) is 5.92 Å². The zero-order valence-corrected chi connectivity index (χ0v) is 18.8. The summed E-state index contributed by atoms with van der Waals surface area (Å²) in [5, 5.41) is 16.6. The van der Waals surface area contributed by atoms with E-state index in [1.165, 1.54) is 30.7 Å². The van der Waals surface area contributed by atoms with Crippen molar-refractivity contribution >= 4 is 17.5 Å². The van der Waals surface area contributed by atoms with Crippen molar-refractivity contribution in [1.29, 1.82) is 0 Å². The molecule has 1 aliphatic rings. The Bertz CT molecular complexity index is 546. The van der Waals surface area contributed by atoms with Gasteiger partial charge in [0.2, 0.25) is 0 Å². The van der Waals surface area contributed by atoms with Crippen LogP contribution in [-0.4, -0.2) is 48.5 Å². The van der Waals surface area contributed by atoms with E-state index in [1.807, 2.05) is 25.1 Å². The topological polar surface area (TPSA) is 99.1 Å². The fraction of sp³-hybridized carbons (Fsp3) is 0.652. The van der Waals surface area contributed by atoms with Crippen LogP contribution in [0.15, 0.2) is 30.3 Å². The molecule has 30 heavy (non-hydrogen) atoms. The van der Waals surface area contributed by atoms with Crippen LogP contribution in [0.2, 0.25) is 0 Å². The standard InChI is InChI=1S/C13H16N2O2.C8H18O.C2H6O2/c1-2-3-9-11-12(16)14-15(13(11)17)10-7-5-4-6-8-10;1-3-5-7-9-8-6-4-2;3-1-2-4/h4-8,11H,2-3,9H2,1H3,(H,14,16);3-8H2,1-2H3;3-4H,1-2H2. The third kappa shape index (κ3) is 11.9. The second-order valence-electron chi connectivity index (χ2n) is 6.95. The summed E-state index contributed by atoms with van der Waals surface area (Å²) in [5.41, 5.74) is 3.34. The van der Waals surface area contributed by atoms with E-state index in [-0.39, 0.29) is 25.0 Å². The number of hydrogen-bond acceptors (Lipinski definition) is 5. The molecule has 1 atom stereocenters. The van der Waals surface area contributed by atoms with E-state index in [9.17, 15) is 9.59 Å². The van der Waals surface area contributed by atoms with E-state index >= 15 is 0 Å². The Morgan fingerprint density at radius 2 is 1.43 bits per heavy atom. The lowest BCUT2D eigenvalue weighted by Crippen LogP contribution is -2.35. The molecule has 0 saturated carbocycles. The minimum absolute atomic E-state index is 0.125. The quantitative estimate of drug-likeness (QED) is 0.373. The number of hydrogen-bond donors (Lipinski definition) is 3. The van der Waals surface area contributed by atoms with Crippen LogP contribution in [0.4, 0.5) is 5.69 Å². The molecule has 172 valence electrons. The van der Waals surface area contributed by atoms with Crippen LogP contribution in [-0.2, 0) is 14.3 Å². The molecule has 1 aromatic rings. The van der Waals surface area contributed by atoms with Gasteiger partial charge < -0.3 is 14.9 Å². The molecule has 1 unspecified atom stereocenters. The van der Waals surface area contributed by atoms with Gasteiger partial charge in [0.05, 0.1) is 18.9 Å². The van der Waals surface area contributed by atoms with Gasteiger partial charge in [-0.25, -0.2) is 5.01 Å². The number of rotatable bonds is 11. The number of unbranched alkanes of at least 4 members (excludes halogenated alkanes) is 3. The molecule has 2 rings (SSSR count). The van der Waals surface area contributed by atoms with Crippen LogP contribution in [0.3, 0.4) is 0 Å². The van der Waals surface area contributed by atoms with Crippen molar-refractivity contribution in [1.82, 2.24) is 5.43 Å². The lowest BCUT2D eigenvalue weighted by Gasteiger charge is -2.14. The van der Waals surface area contributed by atoms with Crippen molar-refractivity contribution < 1.29 is 24.5 Å². The molecule has 3 N–H and O–H groups in total. The summed E-state index contributed by atoms with van der Waals surface area (Å²) in [6.45, 7) is 8.08. The molecular formula is C23H40N2O5. The lowest BCUT2D eigenvalue weighted by atomic mass is 10.0. The Kier molecular flexibility index (Phi) is 17.8. The summed E-state index contributed by atoms with van der Waals surface area (Å²) in [5.74, 6) is -0.850. The summed E-state index contributed by atoms with van der Waals surface area (Å²) in [6, 6.07) is 9.17. The third-order valence-corrected chi connectivity index (χ3v) is 4.30. The minimum atomic E-state index is -0.518. The highest BCUT2D eigenvalue weighted by atomic mass is 16.5. The van der Waals surface area contributed by atoms with Gasteiger partial charge in [-0.1, -0.05) is 64.7 Å². The fourth-order valence-electron chi connectivity index (χ4n) is 2.54. The zero-order chi connectivity index (χ0) is 22.6. The maximum Gasteiger partial charge on any atom is 0.258 e. The molecule has 0 bridgehead atoms. The second kappa shape index (κ2) is 19.0. The molecule has 7 nitrogen and oxygen atoms in total. The predicted octanol–water partition coefficient (Wildman–Crippen LogP) is 3.45. The first-order valence-electron chi connectivity index (χ1n) is 11.1. The summed E-state index contributed by atoms with van der Waals surface area (Å²) in [6.07, 6.45) is 7.42. The van der Waals surface area contributed by atoms with Crippen molar-refractivity contribution in [3.63, 3.8) is 0 Å². The van der Waals surface area contributed by atoms with Gasteiger partial charge in [0.25, 0.3) is 11.8 Å². The fourth-order valence-corrected chi connectivity index (χ4v) is 2.54. The van der Waals surface area contributed by atoms with Crippen LogP contribution in [0.1, 0.15) is 65.7 Å². The molecule has 0 spiro atoms. The summed E-state index contributed by atoms with van der Waals surface area (Å²) in [4.78, 5) is 23.8. The number of para-hydroxylation sites is 1. The Labute approximate surface area is 181 Å². The number of hydrazine groups is 1. The van der Waals surface area contributed by atoms with E-state index in [0.717, 1.165) is 26.1 Å². The van der Waals surface area contributed by atoms with Crippen LogP contribution in [0.5, 0.6) is 0 Å². The van der Waals surface area contributed by atoms with E-state index < -0.39 is 5.92 Å². The third-order valence-electron chi connectivity index (χ3n) is 4.30. The molecule has 0 aromatic heterocycles. The molecule has 1 aromatic carbocycles. The van der Waals surface area contributed by atoms with Gasteiger partial charge in [0, 0.05) is 13.2 Å². The first-order chi connectivity index (χ1) is 14.6. The molecule has 1 saturated heterocycles. The van der Waals surface area contributed by atoms with Crippen molar-refractivity contribution in [3.05, 3.63) is 30.3 Å². The number of aliphatic hydroxyl groups excluding tert-OH is 2. The normalized spacial score (nSPS) is 15.1. The first-order valence-corrected chi connectivity index (χ1v) is 11.1. The van der Waals surface area contributed by atoms with E-state index in [4.69, 9.17) is 14.9 Å². The number of nitrogens with zero attached hydrogens (tertiary/aromatic N) is 1. The van der Waals surface area contributed by atoms with Crippen molar-refractivity contribution in [3.8, 4) is 0 Å². The highest BCUT2D eigenvalue weighted by molar-refractivity contribution is 6.14. The summed E-state index contributed by atoms with van der Waals surface area (Å²) < 4.78 is 5.31. The Morgan fingerprint density at radius 1 is 0.900 bits per heavy atom. The average Bonchev–Trinajstić information content (AvgIpc) is 3.07. The van der Waals surface area contributed by atoms with Gasteiger partial charge in [-0.2, -0.15) is 0 Å². The largest absolute Gasteiger partial charge is 0.394 e. The lowest BCUT2D eigenvalue weighted by molar-refractivity contribution is -0.127. The van der Waals surface area contributed by atoms with Gasteiger partial charge >= 0.3 is 0 Å². The number of amides is 2. The number of nitrogens with one attached hydrogen (secondary N) is 1. The number of aliphatic hydroxyl groups is 2. The average molecular weight is 425 g/mol. The first kappa shape index (κ1) is 28.0.